The van der Waals surface area contributed by atoms with Crippen LogP contribution in [0.25, 0.3) is 10.2 Å². The van der Waals surface area contributed by atoms with Crippen molar-refractivity contribution in [1.29, 1.82) is 0 Å². The van der Waals surface area contributed by atoms with E-state index in [2.05, 4.69) is 10.1 Å². The van der Waals surface area contributed by atoms with Gasteiger partial charge in [0.15, 0.2) is 11.5 Å². The Hall–Kier alpha value is -2.67. The van der Waals surface area contributed by atoms with Crippen LogP contribution in [0, 0.1) is 13.8 Å². The molecule has 24 heavy (non-hydrogen) atoms. The Morgan fingerprint density at radius 2 is 2.21 bits per heavy atom. The van der Waals surface area contributed by atoms with Crippen LogP contribution in [-0.4, -0.2) is 27.6 Å². The van der Waals surface area contributed by atoms with E-state index in [0.717, 1.165) is 10.4 Å². The first-order valence-electron chi connectivity index (χ1n) is 7.49. The number of aryl methyl sites for hydroxylation is 2. The van der Waals surface area contributed by atoms with Crippen LogP contribution in [0.1, 0.15) is 22.9 Å². The number of phenolic OH excluding ortho intramolecular Hbond substituents is 1. The topological polar surface area (TPSA) is 76.7 Å². The molecule has 7 heteroatoms. The average Bonchev–Trinajstić information content (AvgIpc) is 2.85. The zero-order chi connectivity index (χ0) is 17.3. The Bertz CT molecular complexity index is 989. The second kappa shape index (κ2) is 6.45. The molecule has 2 aromatic heterocycles. The van der Waals surface area contributed by atoms with Crippen LogP contribution in [-0.2, 0) is 0 Å². The number of para-hydroxylation sites is 1. The molecule has 0 atom stereocenters. The fourth-order valence-corrected chi connectivity index (χ4v) is 3.34. The summed E-state index contributed by atoms with van der Waals surface area (Å²) in [4.78, 5) is 18.6. The van der Waals surface area contributed by atoms with Crippen molar-refractivity contribution in [3.05, 3.63) is 50.9 Å². The summed E-state index contributed by atoms with van der Waals surface area (Å²) in [6.07, 6.45) is 2.81. The second-order valence-electron chi connectivity index (χ2n) is 5.23. The van der Waals surface area contributed by atoms with Gasteiger partial charge in [-0.3, -0.25) is 4.79 Å². The first-order valence-corrected chi connectivity index (χ1v) is 8.31. The predicted octanol–water partition coefficient (Wildman–Crippen LogP) is 3.06. The number of rotatable bonds is 4. The Balaban J connectivity index is 2.03. The minimum atomic E-state index is -0.224. The Morgan fingerprint density at radius 1 is 1.42 bits per heavy atom. The van der Waals surface area contributed by atoms with Crippen molar-refractivity contribution in [3.63, 3.8) is 0 Å². The monoisotopic (exact) mass is 343 g/mol. The van der Waals surface area contributed by atoms with Crippen LogP contribution >= 0.6 is 11.3 Å². The summed E-state index contributed by atoms with van der Waals surface area (Å²) in [7, 11) is 0. The smallest absolute Gasteiger partial charge is 0.282 e. The Kier molecular flexibility index (Phi) is 4.35. The number of hydrogen-bond donors (Lipinski definition) is 1. The molecule has 0 radical (unpaired) electrons. The lowest BCUT2D eigenvalue weighted by Crippen LogP contribution is -2.17. The molecule has 1 N–H and O–H groups in total. The average molecular weight is 343 g/mol. The maximum atomic E-state index is 12.6. The molecule has 6 nitrogen and oxygen atoms in total. The highest BCUT2D eigenvalue weighted by Crippen LogP contribution is 2.28. The van der Waals surface area contributed by atoms with Gasteiger partial charge in [-0.2, -0.15) is 9.78 Å². The highest BCUT2D eigenvalue weighted by molar-refractivity contribution is 7.18. The number of fused-ring (bicyclic) bond motifs is 1. The van der Waals surface area contributed by atoms with Crippen molar-refractivity contribution in [2.75, 3.05) is 6.61 Å². The fraction of sp³-hybridized carbons (Fsp3) is 0.235. The van der Waals surface area contributed by atoms with Gasteiger partial charge < -0.3 is 9.84 Å². The van der Waals surface area contributed by atoms with Crippen LogP contribution in [0.2, 0.25) is 0 Å². The van der Waals surface area contributed by atoms with Crippen molar-refractivity contribution >= 4 is 27.8 Å². The van der Waals surface area contributed by atoms with Crippen molar-refractivity contribution in [2.24, 2.45) is 5.10 Å². The maximum Gasteiger partial charge on any atom is 0.282 e. The van der Waals surface area contributed by atoms with Gasteiger partial charge in [-0.05, 0) is 38.5 Å². The Morgan fingerprint density at radius 3 is 2.96 bits per heavy atom. The number of nitrogens with zero attached hydrogens (tertiary/aromatic N) is 3. The lowest BCUT2D eigenvalue weighted by Gasteiger charge is -2.07. The molecule has 0 amide bonds. The lowest BCUT2D eigenvalue weighted by atomic mass is 10.2. The molecular formula is C17H17N3O3S. The van der Waals surface area contributed by atoms with Crippen molar-refractivity contribution < 1.29 is 9.84 Å². The van der Waals surface area contributed by atoms with Gasteiger partial charge in [0.2, 0.25) is 0 Å². The predicted molar refractivity (Wildman–Crippen MR) is 95.6 cm³/mol. The molecular weight excluding hydrogens is 326 g/mol. The SMILES string of the molecule is CCOc1cccc(/C=N/n2cnc3sc(C)c(C)c3c2=O)c1O. The van der Waals surface area contributed by atoms with Gasteiger partial charge in [0.25, 0.3) is 5.56 Å². The third-order valence-electron chi connectivity index (χ3n) is 3.72. The number of benzene rings is 1. The summed E-state index contributed by atoms with van der Waals surface area (Å²) in [5.74, 6) is 0.374. The van der Waals surface area contributed by atoms with E-state index < -0.39 is 0 Å². The highest BCUT2D eigenvalue weighted by Gasteiger charge is 2.12. The van der Waals surface area contributed by atoms with Crippen molar-refractivity contribution in [2.45, 2.75) is 20.8 Å². The van der Waals surface area contributed by atoms with Crippen LogP contribution in [0.5, 0.6) is 11.5 Å². The number of phenols is 1. The number of thiophene rings is 1. The van der Waals surface area contributed by atoms with Gasteiger partial charge in [0.1, 0.15) is 11.2 Å². The third kappa shape index (κ3) is 2.78. The van der Waals surface area contributed by atoms with E-state index in [0.29, 0.717) is 28.1 Å². The van der Waals surface area contributed by atoms with E-state index in [4.69, 9.17) is 4.74 Å². The molecule has 0 fully saturated rings. The molecule has 0 spiro atoms. The van der Waals surface area contributed by atoms with E-state index in [1.54, 1.807) is 18.2 Å². The van der Waals surface area contributed by atoms with Crippen LogP contribution in [0.3, 0.4) is 0 Å². The molecule has 3 aromatic rings. The van der Waals surface area contributed by atoms with Gasteiger partial charge in [0.05, 0.1) is 18.2 Å². The summed E-state index contributed by atoms with van der Waals surface area (Å²) in [5.41, 5.74) is 1.17. The zero-order valence-electron chi connectivity index (χ0n) is 13.6. The van der Waals surface area contributed by atoms with Crippen molar-refractivity contribution in [3.8, 4) is 11.5 Å². The molecule has 2 heterocycles. The number of aromatic nitrogens is 2. The normalized spacial score (nSPS) is 11.5. The standard InChI is InChI=1S/C17H17N3O3S/c1-4-23-13-7-5-6-12(15(13)21)8-19-20-9-18-16-14(17(20)22)10(2)11(3)24-16/h5-9,21H,4H2,1-3H3/b19-8+. The summed E-state index contributed by atoms with van der Waals surface area (Å²) >= 11 is 1.49. The van der Waals surface area contributed by atoms with Gasteiger partial charge in [-0.15, -0.1) is 11.3 Å². The third-order valence-corrected chi connectivity index (χ3v) is 4.84. The largest absolute Gasteiger partial charge is 0.504 e. The molecule has 0 aliphatic heterocycles. The fourth-order valence-electron chi connectivity index (χ4n) is 2.35. The minimum Gasteiger partial charge on any atom is -0.504 e. The van der Waals surface area contributed by atoms with Crippen LogP contribution < -0.4 is 10.3 Å². The molecule has 0 saturated carbocycles. The number of hydrogen-bond acceptors (Lipinski definition) is 6. The minimum absolute atomic E-state index is 0.00672. The number of aromatic hydroxyl groups is 1. The molecule has 0 unspecified atom stereocenters. The van der Waals surface area contributed by atoms with E-state index >= 15 is 0 Å². The van der Waals surface area contributed by atoms with Gasteiger partial charge in [0, 0.05) is 10.4 Å². The zero-order valence-corrected chi connectivity index (χ0v) is 14.4. The van der Waals surface area contributed by atoms with E-state index in [-0.39, 0.29) is 11.3 Å². The quantitative estimate of drug-likeness (QED) is 0.739. The molecule has 0 aliphatic carbocycles. The van der Waals surface area contributed by atoms with E-state index in [1.165, 1.54) is 28.6 Å². The number of ether oxygens (including phenoxy) is 1. The van der Waals surface area contributed by atoms with Crippen LogP contribution in [0.4, 0.5) is 0 Å². The Labute approximate surface area is 142 Å². The summed E-state index contributed by atoms with van der Waals surface area (Å²) in [5, 5.41) is 14.9. The van der Waals surface area contributed by atoms with Crippen molar-refractivity contribution in [1.82, 2.24) is 9.66 Å². The van der Waals surface area contributed by atoms with Gasteiger partial charge in [-0.1, -0.05) is 6.07 Å². The first-order chi connectivity index (χ1) is 11.5. The summed E-state index contributed by atoms with van der Waals surface area (Å²) < 4.78 is 6.51. The molecule has 1 aromatic carbocycles. The van der Waals surface area contributed by atoms with E-state index in [1.807, 2.05) is 20.8 Å². The molecule has 0 aliphatic rings. The maximum absolute atomic E-state index is 12.6. The highest BCUT2D eigenvalue weighted by atomic mass is 32.1. The van der Waals surface area contributed by atoms with Gasteiger partial charge in [-0.25, -0.2) is 4.98 Å². The summed E-state index contributed by atoms with van der Waals surface area (Å²) in [6.45, 7) is 6.16. The first kappa shape index (κ1) is 16.2. The van der Waals surface area contributed by atoms with E-state index in [9.17, 15) is 9.90 Å². The second-order valence-corrected chi connectivity index (χ2v) is 6.43. The molecule has 0 saturated heterocycles. The lowest BCUT2D eigenvalue weighted by molar-refractivity contribution is 0.318. The molecule has 0 bridgehead atoms. The summed E-state index contributed by atoms with van der Waals surface area (Å²) in [6, 6.07) is 5.12. The molecule has 3 rings (SSSR count). The van der Waals surface area contributed by atoms with Crippen LogP contribution in [0.15, 0.2) is 34.4 Å². The van der Waals surface area contributed by atoms with Gasteiger partial charge >= 0.3 is 0 Å². The molecule has 124 valence electrons.